The van der Waals surface area contributed by atoms with E-state index in [0.717, 1.165) is 18.8 Å². The highest BCUT2D eigenvalue weighted by molar-refractivity contribution is 9.10. The molecule has 0 radical (unpaired) electrons. The van der Waals surface area contributed by atoms with E-state index in [2.05, 4.69) is 41.2 Å². The Kier molecular flexibility index (Phi) is 4.10. The summed E-state index contributed by atoms with van der Waals surface area (Å²) in [6.45, 7) is 6.47. The fourth-order valence-corrected chi connectivity index (χ4v) is 3.33. The van der Waals surface area contributed by atoms with Crippen LogP contribution in [0.3, 0.4) is 0 Å². The van der Waals surface area contributed by atoms with Crippen molar-refractivity contribution in [1.29, 1.82) is 0 Å². The largest absolute Gasteiger partial charge is 0.496 e. The fourth-order valence-electron chi connectivity index (χ4n) is 2.71. The molecule has 0 bridgehead atoms. The second kappa shape index (κ2) is 5.40. The molecule has 2 rings (SSSR count). The third-order valence-electron chi connectivity index (χ3n) is 3.53. The first kappa shape index (κ1) is 12.9. The maximum Gasteiger partial charge on any atom is 0.126 e. The highest BCUT2D eigenvalue weighted by Gasteiger charge is 2.23. The van der Waals surface area contributed by atoms with Gasteiger partial charge in [-0.25, -0.2) is 0 Å². The molecule has 2 nitrogen and oxygen atoms in total. The molecule has 3 heteroatoms. The van der Waals surface area contributed by atoms with Crippen molar-refractivity contribution in [1.82, 2.24) is 5.32 Å². The first-order chi connectivity index (χ1) is 8.15. The van der Waals surface area contributed by atoms with Crippen LogP contribution in [0.15, 0.2) is 10.5 Å². The number of hydrogen-bond donors (Lipinski definition) is 1. The number of rotatable bonds is 2. The molecule has 0 spiro atoms. The molecule has 17 heavy (non-hydrogen) atoms. The van der Waals surface area contributed by atoms with Gasteiger partial charge >= 0.3 is 0 Å². The summed E-state index contributed by atoms with van der Waals surface area (Å²) in [6.07, 6.45) is 2.48. The van der Waals surface area contributed by atoms with Crippen LogP contribution in [-0.4, -0.2) is 20.2 Å². The van der Waals surface area contributed by atoms with E-state index in [4.69, 9.17) is 4.74 Å². The van der Waals surface area contributed by atoms with Crippen molar-refractivity contribution in [2.75, 3.05) is 20.2 Å². The first-order valence-electron chi connectivity index (χ1n) is 6.19. The zero-order valence-electron chi connectivity index (χ0n) is 10.8. The van der Waals surface area contributed by atoms with E-state index in [1.165, 1.54) is 34.0 Å². The number of piperidine rings is 1. The Bertz CT molecular complexity index is 411. The van der Waals surface area contributed by atoms with E-state index in [9.17, 15) is 0 Å². The molecule has 1 aromatic carbocycles. The Hall–Kier alpha value is -0.540. The second-order valence-electron chi connectivity index (χ2n) is 4.81. The second-order valence-corrected chi connectivity index (χ2v) is 5.61. The quantitative estimate of drug-likeness (QED) is 0.901. The molecule has 94 valence electrons. The molecule has 1 unspecified atom stereocenters. The van der Waals surface area contributed by atoms with Crippen LogP contribution in [0.2, 0.25) is 0 Å². The Balaban J connectivity index is 2.48. The number of ether oxygens (including phenoxy) is 1. The van der Waals surface area contributed by atoms with Gasteiger partial charge in [0, 0.05) is 22.5 Å². The minimum absolute atomic E-state index is 0.562. The van der Waals surface area contributed by atoms with E-state index in [0.29, 0.717) is 5.92 Å². The summed E-state index contributed by atoms with van der Waals surface area (Å²) in [6, 6.07) is 2.18. The van der Waals surface area contributed by atoms with Gasteiger partial charge in [0.25, 0.3) is 0 Å². The van der Waals surface area contributed by atoms with Gasteiger partial charge in [0.2, 0.25) is 0 Å². The highest BCUT2D eigenvalue weighted by atomic mass is 79.9. The average Bonchev–Trinajstić information content (AvgIpc) is 2.34. The molecule has 1 aliphatic rings. The van der Waals surface area contributed by atoms with Crippen LogP contribution in [0.4, 0.5) is 0 Å². The summed E-state index contributed by atoms with van der Waals surface area (Å²) in [4.78, 5) is 0. The lowest BCUT2D eigenvalue weighted by Crippen LogP contribution is -2.29. The molecule has 1 aromatic rings. The van der Waals surface area contributed by atoms with Gasteiger partial charge in [-0.3, -0.25) is 0 Å². The van der Waals surface area contributed by atoms with E-state index in [1.54, 1.807) is 7.11 Å². The number of halogens is 1. The molecule has 0 aromatic heterocycles. The maximum absolute atomic E-state index is 5.61. The lowest BCUT2D eigenvalue weighted by atomic mass is 9.88. The van der Waals surface area contributed by atoms with Crippen molar-refractivity contribution in [2.24, 2.45) is 0 Å². The van der Waals surface area contributed by atoms with Crippen molar-refractivity contribution in [2.45, 2.75) is 32.6 Å². The van der Waals surface area contributed by atoms with Crippen molar-refractivity contribution in [3.8, 4) is 5.75 Å². The van der Waals surface area contributed by atoms with E-state index < -0.39 is 0 Å². The Labute approximate surface area is 112 Å². The van der Waals surface area contributed by atoms with Gasteiger partial charge in [-0.1, -0.05) is 22.0 Å². The van der Waals surface area contributed by atoms with Crippen LogP contribution in [0.25, 0.3) is 0 Å². The lowest BCUT2D eigenvalue weighted by molar-refractivity contribution is 0.388. The maximum atomic E-state index is 5.61. The summed E-state index contributed by atoms with van der Waals surface area (Å²) < 4.78 is 6.82. The van der Waals surface area contributed by atoms with Crippen LogP contribution in [-0.2, 0) is 0 Å². The smallest absolute Gasteiger partial charge is 0.126 e. The minimum Gasteiger partial charge on any atom is -0.496 e. The Morgan fingerprint density at radius 2 is 2.12 bits per heavy atom. The van der Waals surface area contributed by atoms with Crippen LogP contribution < -0.4 is 10.1 Å². The predicted molar refractivity (Wildman–Crippen MR) is 75.0 cm³/mol. The number of hydrogen-bond acceptors (Lipinski definition) is 2. The molecule has 1 heterocycles. The summed E-state index contributed by atoms with van der Waals surface area (Å²) in [5.41, 5.74) is 3.87. The third kappa shape index (κ3) is 2.50. The van der Waals surface area contributed by atoms with Crippen molar-refractivity contribution in [3.05, 3.63) is 27.2 Å². The van der Waals surface area contributed by atoms with Crippen LogP contribution in [0, 0.1) is 13.8 Å². The Morgan fingerprint density at radius 3 is 2.71 bits per heavy atom. The predicted octanol–water partition coefficient (Wildman–Crippen LogP) is 3.54. The average molecular weight is 298 g/mol. The van der Waals surface area contributed by atoms with Gasteiger partial charge in [-0.2, -0.15) is 0 Å². The van der Waals surface area contributed by atoms with Gasteiger partial charge < -0.3 is 10.1 Å². The van der Waals surface area contributed by atoms with Crippen molar-refractivity contribution in [3.63, 3.8) is 0 Å². The standard InChI is InChI=1S/C14H20BrNO/c1-9-7-10(2)14(17-3)12(13(9)15)11-5-4-6-16-8-11/h7,11,16H,4-6,8H2,1-3H3. The normalized spacial score (nSPS) is 20.4. The van der Waals surface area contributed by atoms with Crippen LogP contribution in [0.1, 0.15) is 35.4 Å². The summed E-state index contributed by atoms with van der Waals surface area (Å²) in [5.74, 6) is 1.61. The molecule has 0 amide bonds. The monoisotopic (exact) mass is 297 g/mol. The highest BCUT2D eigenvalue weighted by Crippen LogP contribution is 2.40. The van der Waals surface area contributed by atoms with Gasteiger partial charge in [-0.05, 0) is 44.4 Å². The zero-order valence-corrected chi connectivity index (χ0v) is 12.4. The van der Waals surface area contributed by atoms with Gasteiger partial charge in [0.15, 0.2) is 0 Å². The molecule has 1 saturated heterocycles. The zero-order chi connectivity index (χ0) is 12.4. The van der Waals surface area contributed by atoms with E-state index in [1.807, 2.05) is 0 Å². The van der Waals surface area contributed by atoms with Crippen molar-refractivity contribution >= 4 is 15.9 Å². The van der Waals surface area contributed by atoms with Crippen LogP contribution >= 0.6 is 15.9 Å². The van der Waals surface area contributed by atoms with E-state index >= 15 is 0 Å². The topological polar surface area (TPSA) is 21.3 Å². The van der Waals surface area contributed by atoms with Crippen molar-refractivity contribution < 1.29 is 4.74 Å². The summed E-state index contributed by atoms with van der Waals surface area (Å²) in [7, 11) is 1.77. The molecule has 1 aliphatic heterocycles. The molecule has 0 saturated carbocycles. The molecular formula is C14H20BrNO. The molecule has 1 atom stereocenters. The SMILES string of the molecule is COc1c(C)cc(C)c(Br)c1C1CCCNC1. The minimum atomic E-state index is 0.562. The summed E-state index contributed by atoms with van der Waals surface area (Å²) in [5, 5.41) is 3.47. The summed E-state index contributed by atoms with van der Waals surface area (Å²) >= 11 is 3.73. The number of benzene rings is 1. The van der Waals surface area contributed by atoms with Gasteiger partial charge in [0.05, 0.1) is 7.11 Å². The molecular weight excluding hydrogens is 278 g/mol. The fraction of sp³-hybridized carbons (Fsp3) is 0.571. The first-order valence-corrected chi connectivity index (χ1v) is 6.98. The third-order valence-corrected chi connectivity index (χ3v) is 4.58. The number of methoxy groups -OCH3 is 1. The van der Waals surface area contributed by atoms with Gasteiger partial charge in [0.1, 0.15) is 5.75 Å². The lowest BCUT2D eigenvalue weighted by Gasteiger charge is -2.27. The molecule has 1 N–H and O–H groups in total. The van der Waals surface area contributed by atoms with Gasteiger partial charge in [-0.15, -0.1) is 0 Å². The van der Waals surface area contributed by atoms with E-state index in [-0.39, 0.29) is 0 Å². The molecule has 0 aliphatic carbocycles. The number of nitrogens with one attached hydrogen (secondary N) is 1. The number of aryl methyl sites for hydroxylation is 2. The Morgan fingerprint density at radius 1 is 1.35 bits per heavy atom. The molecule has 1 fully saturated rings. The van der Waals surface area contributed by atoms with Crippen LogP contribution in [0.5, 0.6) is 5.75 Å².